The Labute approximate surface area is 141 Å². The summed E-state index contributed by atoms with van der Waals surface area (Å²) in [4.78, 5) is 23.2. The molecule has 0 aliphatic rings. The lowest BCUT2D eigenvalue weighted by Crippen LogP contribution is -2.33. The first-order valence-electron chi connectivity index (χ1n) is 7.56. The molecule has 1 rings (SSSR count). The molecule has 5 heteroatoms. The Kier molecular flexibility index (Phi) is 7.07. The van der Waals surface area contributed by atoms with Gasteiger partial charge in [0.05, 0.1) is 4.83 Å². The summed E-state index contributed by atoms with van der Waals surface area (Å²) in [5, 5.41) is 5.57. The lowest BCUT2D eigenvalue weighted by Gasteiger charge is -2.19. The van der Waals surface area contributed by atoms with E-state index in [9.17, 15) is 9.59 Å². The molecule has 0 spiro atoms. The average Bonchev–Trinajstić information content (AvgIpc) is 2.45. The summed E-state index contributed by atoms with van der Waals surface area (Å²) in [6.45, 7) is 8.71. The van der Waals surface area contributed by atoms with Gasteiger partial charge in [0.15, 0.2) is 0 Å². The monoisotopic (exact) mass is 368 g/mol. The number of halogens is 1. The summed E-state index contributed by atoms with van der Waals surface area (Å²) < 4.78 is 0. The van der Waals surface area contributed by atoms with Crippen LogP contribution in [0.2, 0.25) is 0 Å². The number of alkyl halides is 1. The zero-order chi connectivity index (χ0) is 16.8. The predicted molar refractivity (Wildman–Crippen MR) is 94.4 cm³/mol. The van der Waals surface area contributed by atoms with E-state index < -0.39 is 0 Å². The second-order valence-electron chi connectivity index (χ2n) is 6.29. The van der Waals surface area contributed by atoms with Crippen LogP contribution in [-0.4, -0.2) is 23.2 Å². The highest BCUT2D eigenvalue weighted by molar-refractivity contribution is 9.10. The van der Waals surface area contributed by atoms with Crippen LogP contribution in [0.3, 0.4) is 0 Å². The molecule has 2 N–H and O–H groups in total. The molecule has 0 saturated heterocycles. The predicted octanol–water partition coefficient (Wildman–Crippen LogP) is 3.60. The van der Waals surface area contributed by atoms with E-state index in [0.29, 0.717) is 6.54 Å². The van der Waals surface area contributed by atoms with Crippen molar-refractivity contribution in [2.75, 3.05) is 11.9 Å². The van der Waals surface area contributed by atoms with E-state index in [1.54, 1.807) is 0 Å². The lowest BCUT2D eigenvalue weighted by molar-refractivity contribution is -0.120. The van der Waals surface area contributed by atoms with Crippen LogP contribution in [0.25, 0.3) is 0 Å². The van der Waals surface area contributed by atoms with Crippen molar-refractivity contribution in [3.8, 4) is 0 Å². The highest BCUT2D eigenvalue weighted by Gasteiger charge is 2.14. The van der Waals surface area contributed by atoms with Crippen LogP contribution < -0.4 is 10.6 Å². The van der Waals surface area contributed by atoms with Gasteiger partial charge >= 0.3 is 0 Å². The Balaban J connectivity index is 2.41. The van der Waals surface area contributed by atoms with Gasteiger partial charge in [-0.3, -0.25) is 9.59 Å². The Hall–Kier alpha value is -1.36. The van der Waals surface area contributed by atoms with Crippen LogP contribution >= 0.6 is 15.9 Å². The Morgan fingerprint density at radius 2 is 1.77 bits per heavy atom. The number of benzene rings is 1. The van der Waals surface area contributed by atoms with Crippen LogP contribution in [-0.2, 0) is 15.0 Å². The molecule has 1 aromatic rings. The van der Waals surface area contributed by atoms with Gasteiger partial charge in [0.25, 0.3) is 0 Å². The van der Waals surface area contributed by atoms with Gasteiger partial charge in [-0.1, -0.05) is 55.8 Å². The molecule has 2 amide bonds. The van der Waals surface area contributed by atoms with Crippen molar-refractivity contribution in [3.63, 3.8) is 0 Å². The number of hydrogen-bond acceptors (Lipinski definition) is 2. The van der Waals surface area contributed by atoms with Crippen LogP contribution in [0.15, 0.2) is 24.3 Å². The quantitative estimate of drug-likeness (QED) is 0.753. The number of carbonyl (C=O) groups is 2. The number of rotatable bonds is 6. The van der Waals surface area contributed by atoms with Crippen molar-refractivity contribution in [1.29, 1.82) is 0 Å². The van der Waals surface area contributed by atoms with Gasteiger partial charge in [-0.05, 0) is 29.5 Å². The van der Waals surface area contributed by atoms with Gasteiger partial charge in [-0.15, -0.1) is 0 Å². The molecule has 1 atom stereocenters. The molecule has 0 aliphatic heterocycles. The molecule has 0 unspecified atom stereocenters. The summed E-state index contributed by atoms with van der Waals surface area (Å²) in [5.74, 6) is -0.184. The van der Waals surface area contributed by atoms with E-state index in [4.69, 9.17) is 0 Å². The highest BCUT2D eigenvalue weighted by Crippen LogP contribution is 2.23. The lowest BCUT2D eigenvalue weighted by atomic mass is 9.87. The van der Waals surface area contributed by atoms with Crippen molar-refractivity contribution in [2.24, 2.45) is 0 Å². The van der Waals surface area contributed by atoms with E-state index in [1.807, 2.05) is 31.2 Å². The van der Waals surface area contributed by atoms with E-state index in [1.165, 1.54) is 5.56 Å². The zero-order valence-electron chi connectivity index (χ0n) is 13.7. The van der Waals surface area contributed by atoms with Crippen molar-refractivity contribution in [3.05, 3.63) is 29.8 Å². The number of nitrogens with one attached hydrogen (secondary N) is 2. The normalized spacial score (nSPS) is 12.6. The number of anilines is 1. The minimum Gasteiger partial charge on any atom is -0.355 e. The Morgan fingerprint density at radius 3 is 2.27 bits per heavy atom. The van der Waals surface area contributed by atoms with E-state index in [2.05, 4.69) is 47.3 Å². The van der Waals surface area contributed by atoms with Gasteiger partial charge in [0, 0.05) is 18.7 Å². The van der Waals surface area contributed by atoms with Crippen molar-refractivity contribution in [1.82, 2.24) is 5.32 Å². The summed E-state index contributed by atoms with van der Waals surface area (Å²) in [5.41, 5.74) is 2.09. The molecule has 0 aromatic heterocycles. The molecule has 0 saturated carbocycles. The largest absolute Gasteiger partial charge is 0.355 e. The average molecular weight is 369 g/mol. The first-order valence-corrected chi connectivity index (χ1v) is 8.47. The molecule has 0 bridgehead atoms. The number of amides is 2. The summed E-state index contributed by atoms with van der Waals surface area (Å²) in [7, 11) is 0. The van der Waals surface area contributed by atoms with Crippen molar-refractivity contribution >= 4 is 33.4 Å². The third-order valence-corrected chi connectivity index (χ3v) is 4.39. The summed E-state index contributed by atoms with van der Waals surface area (Å²) in [6.07, 6.45) is 0.981. The minimum atomic E-state index is -0.194. The maximum Gasteiger partial charge on any atom is 0.233 e. The van der Waals surface area contributed by atoms with Crippen LogP contribution in [0.4, 0.5) is 5.69 Å². The number of carbonyl (C=O) groups excluding carboxylic acids is 2. The molecule has 0 radical (unpaired) electrons. The molecule has 0 aliphatic carbocycles. The molecule has 0 fully saturated rings. The molecular formula is C17H25BrN2O2. The van der Waals surface area contributed by atoms with Gasteiger partial charge < -0.3 is 10.6 Å². The summed E-state index contributed by atoms with van der Waals surface area (Å²) in [6, 6.07) is 7.85. The molecule has 122 valence electrons. The maximum absolute atomic E-state index is 11.8. The van der Waals surface area contributed by atoms with Crippen molar-refractivity contribution < 1.29 is 9.59 Å². The topological polar surface area (TPSA) is 58.2 Å². The SMILES string of the molecule is CC[C@H](Br)C(=O)NCCC(=O)Nc1ccc(C(C)(C)C)cc1. The fraction of sp³-hybridized carbons (Fsp3) is 0.529. The van der Waals surface area contributed by atoms with E-state index in [-0.39, 0.29) is 28.5 Å². The molecular weight excluding hydrogens is 344 g/mol. The highest BCUT2D eigenvalue weighted by atomic mass is 79.9. The molecule has 4 nitrogen and oxygen atoms in total. The van der Waals surface area contributed by atoms with Crippen LogP contribution in [0, 0.1) is 0 Å². The first-order chi connectivity index (χ1) is 10.2. The zero-order valence-corrected chi connectivity index (χ0v) is 15.3. The van der Waals surface area contributed by atoms with Gasteiger partial charge in [-0.25, -0.2) is 0 Å². The van der Waals surface area contributed by atoms with Gasteiger partial charge in [0.2, 0.25) is 11.8 Å². The molecule has 0 heterocycles. The van der Waals surface area contributed by atoms with E-state index in [0.717, 1.165) is 12.1 Å². The number of hydrogen-bond donors (Lipinski definition) is 2. The third kappa shape index (κ3) is 6.18. The second kappa shape index (κ2) is 8.32. The first kappa shape index (κ1) is 18.7. The van der Waals surface area contributed by atoms with E-state index >= 15 is 0 Å². The standard InChI is InChI=1S/C17H25BrN2O2/c1-5-14(18)16(22)19-11-10-15(21)20-13-8-6-12(7-9-13)17(2,3)4/h6-9,14H,5,10-11H2,1-4H3,(H,19,22)(H,20,21)/t14-/m0/s1. The van der Waals surface area contributed by atoms with Crippen molar-refractivity contribution in [2.45, 2.75) is 50.8 Å². The Bertz CT molecular complexity index is 506. The maximum atomic E-state index is 11.8. The minimum absolute atomic E-state index is 0.0789. The molecule has 22 heavy (non-hydrogen) atoms. The smallest absolute Gasteiger partial charge is 0.233 e. The molecule has 1 aromatic carbocycles. The van der Waals surface area contributed by atoms with Gasteiger partial charge in [-0.2, -0.15) is 0 Å². The fourth-order valence-corrected chi connectivity index (χ4v) is 2.03. The Morgan fingerprint density at radius 1 is 1.18 bits per heavy atom. The second-order valence-corrected chi connectivity index (χ2v) is 7.40. The fourth-order valence-electron chi connectivity index (χ4n) is 1.87. The van der Waals surface area contributed by atoms with Gasteiger partial charge in [0.1, 0.15) is 0 Å². The summed E-state index contributed by atoms with van der Waals surface area (Å²) >= 11 is 3.27. The third-order valence-electron chi connectivity index (χ3n) is 3.33. The van der Waals surface area contributed by atoms with Crippen LogP contribution in [0.1, 0.15) is 46.1 Å². The van der Waals surface area contributed by atoms with Crippen LogP contribution in [0.5, 0.6) is 0 Å².